The number of benzene rings is 1. The van der Waals surface area contributed by atoms with Gasteiger partial charge in [-0.25, -0.2) is 13.6 Å². The monoisotopic (exact) mass is 297 g/mol. The highest BCUT2D eigenvalue weighted by atomic mass is 32.2. The van der Waals surface area contributed by atoms with E-state index in [9.17, 15) is 8.42 Å². The van der Waals surface area contributed by atoms with Crippen LogP contribution in [0.4, 0.5) is 5.69 Å². The Bertz CT molecular complexity index is 545. The highest BCUT2D eigenvalue weighted by molar-refractivity contribution is 7.89. The van der Waals surface area contributed by atoms with E-state index in [1.54, 1.807) is 12.1 Å². The molecule has 1 atom stereocenters. The van der Waals surface area contributed by atoms with Crippen LogP contribution in [0.5, 0.6) is 0 Å². The van der Waals surface area contributed by atoms with Gasteiger partial charge in [0.2, 0.25) is 10.0 Å². The zero-order valence-corrected chi connectivity index (χ0v) is 12.7. The first kappa shape index (κ1) is 15.3. The van der Waals surface area contributed by atoms with Crippen molar-refractivity contribution in [1.82, 2.24) is 5.32 Å². The molecule has 1 heterocycles. The number of anilines is 1. The summed E-state index contributed by atoms with van der Waals surface area (Å²) >= 11 is 0. The van der Waals surface area contributed by atoms with E-state index in [1.807, 2.05) is 19.2 Å². The quantitative estimate of drug-likeness (QED) is 0.859. The van der Waals surface area contributed by atoms with E-state index in [0.29, 0.717) is 6.04 Å². The second-order valence-corrected chi connectivity index (χ2v) is 6.78. The van der Waals surface area contributed by atoms with E-state index in [1.165, 1.54) is 6.42 Å². The van der Waals surface area contributed by atoms with Gasteiger partial charge in [0.25, 0.3) is 0 Å². The smallest absolute Gasteiger partial charge is 0.240 e. The predicted molar refractivity (Wildman–Crippen MR) is 81.3 cm³/mol. The molecule has 0 radical (unpaired) electrons. The van der Waals surface area contributed by atoms with E-state index in [2.05, 4.69) is 10.2 Å². The summed E-state index contributed by atoms with van der Waals surface area (Å²) in [6, 6.07) is 7.41. The molecule has 2 rings (SSSR count). The van der Waals surface area contributed by atoms with Crippen LogP contribution < -0.4 is 15.4 Å². The number of nitrogens with zero attached hydrogens (tertiary/aromatic N) is 1. The van der Waals surface area contributed by atoms with Crippen LogP contribution in [0.25, 0.3) is 0 Å². The van der Waals surface area contributed by atoms with Crippen molar-refractivity contribution < 1.29 is 8.42 Å². The molecular weight excluding hydrogens is 274 g/mol. The van der Waals surface area contributed by atoms with Gasteiger partial charge in [-0.2, -0.15) is 0 Å². The first-order valence-electron chi connectivity index (χ1n) is 7.07. The second-order valence-electron chi connectivity index (χ2n) is 5.25. The Labute approximate surface area is 121 Å². The third-order valence-electron chi connectivity index (χ3n) is 3.84. The summed E-state index contributed by atoms with van der Waals surface area (Å²) in [5.74, 6) is 0. The minimum atomic E-state index is -3.68. The topological polar surface area (TPSA) is 75.4 Å². The van der Waals surface area contributed by atoms with Gasteiger partial charge < -0.3 is 10.2 Å². The molecule has 5 nitrogen and oxygen atoms in total. The molecule has 6 heteroatoms. The Morgan fingerprint density at radius 2 is 2.10 bits per heavy atom. The summed E-state index contributed by atoms with van der Waals surface area (Å²) in [5.41, 5.74) is 0.746. The van der Waals surface area contributed by atoms with Crippen LogP contribution in [0.15, 0.2) is 29.2 Å². The maximum atomic E-state index is 11.8. The van der Waals surface area contributed by atoms with Crippen LogP contribution in [-0.4, -0.2) is 34.6 Å². The molecule has 112 valence electrons. The molecule has 1 aliphatic heterocycles. The van der Waals surface area contributed by atoms with Gasteiger partial charge >= 0.3 is 0 Å². The molecule has 0 amide bonds. The van der Waals surface area contributed by atoms with Crippen molar-refractivity contribution in [3.8, 4) is 0 Å². The van der Waals surface area contributed by atoms with E-state index < -0.39 is 10.0 Å². The van der Waals surface area contributed by atoms with Gasteiger partial charge in [0.1, 0.15) is 4.90 Å². The molecule has 0 aliphatic carbocycles. The van der Waals surface area contributed by atoms with Crippen LogP contribution in [0.1, 0.15) is 25.7 Å². The molecule has 1 saturated heterocycles. The summed E-state index contributed by atoms with van der Waals surface area (Å²) in [6.45, 7) is 1.82. The lowest BCUT2D eigenvalue weighted by Crippen LogP contribution is -2.41. The third-order valence-corrected chi connectivity index (χ3v) is 4.79. The van der Waals surface area contributed by atoms with Crippen LogP contribution in [0.3, 0.4) is 0 Å². The first-order chi connectivity index (χ1) is 9.54. The average Bonchev–Trinajstić information content (AvgIpc) is 2.44. The summed E-state index contributed by atoms with van der Waals surface area (Å²) in [6.07, 6.45) is 4.40. The number of sulfonamides is 1. The molecule has 1 aromatic carbocycles. The van der Waals surface area contributed by atoms with Crippen molar-refractivity contribution in [2.75, 3.05) is 25.0 Å². The molecule has 20 heavy (non-hydrogen) atoms. The highest BCUT2D eigenvalue weighted by Crippen LogP contribution is 2.31. The van der Waals surface area contributed by atoms with E-state index in [4.69, 9.17) is 5.14 Å². The van der Waals surface area contributed by atoms with Crippen LogP contribution in [-0.2, 0) is 10.0 Å². The van der Waals surface area contributed by atoms with Gasteiger partial charge in [-0.3, -0.25) is 0 Å². The first-order valence-corrected chi connectivity index (χ1v) is 8.61. The highest BCUT2D eigenvalue weighted by Gasteiger charge is 2.26. The fourth-order valence-corrected chi connectivity index (χ4v) is 3.61. The average molecular weight is 297 g/mol. The molecule has 3 N–H and O–H groups in total. The van der Waals surface area contributed by atoms with Gasteiger partial charge in [-0.1, -0.05) is 12.1 Å². The van der Waals surface area contributed by atoms with Crippen molar-refractivity contribution in [1.29, 1.82) is 0 Å². The molecule has 1 unspecified atom stereocenters. The van der Waals surface area contributed by atoms with Crippen molar-refractivity contribution in [2.24, 2.45) is 5.14 Å². The maximum Gasteiger partial charge on any atom is 0.240 e. The maximum absolute atomic E-state index is 11.8. The normalized spacial score (nSPS) is 20.1. The van der Waals surface area contributed by atoms with Gasteiger partial charge in [0, 0.05) is 12.6 Å². The van der Waals surface area contributed by atoms with Crippen molar-refractivity contribution >= 4 is 15.7 Å². The summed E-state index contributed by atoms with van der Waals surface area (Å²) in [7, 11) is -1.75. The van der Waals surface area contributed by atoms with E-state index >= 15 is 0 Å². The Hall–Kier alpha value is -1.11. The molecule has 0 bridgehead atoms. The Morgan fingerprint density at radius 3 is 2.80 bits per heavy atom. The van der Waals surface area contributed by atoms with Gasteiger partial charge in [-0.15, -0.1) is 0 Å². The van der Waals surface area contributed by atoms with Gasteiger partial charge in [0.05, 0.1) is 5.69 Å². The Balaban J connectivity index is 2.33. The van der Waals surface area contributed by atoms with Gasteiger partial charge in [0.15, 0.2) is 0 Å². The lowest BCUT2D eigenvalue weighted by atomic mass is 9.98. The molecule has 1 fully saturated rings. The molecular formula is C14H23N3O2S. The standard InChI is InChI=1S/C14H23N3O2S/c1-16-10-9-12-6-4-5-11-17(12)13-7-2-3-8-14(13)20(15,18)19/h2-3,7-8,12,16H,4-6,9-11H2,1H3,(H2,15,18,19). The van der Waals surface area contributed by atoms with E-state index in [-0.39, 0.29) is 4.90 Å². The summed E-state index contributed by atoms with van der Waals surface area (Å²) < 4.78 is 23.5. The summed E-state index contributed by atoms with van der Waals surface area (Å²) in [5, 5.41) is 8.51. The number of hydrogen-bond acceptors (Lipinski definition) is 4. The third kappa shape index (κ3) is 3.50. The zero-order valence-electron chi connectivity index (χ0n) is 11.9. The largest absolute Gasteiger partial charge is 0.367 e. The minimum Gasteiger partial charge on any atom is -0.367 e. The van der Waals surface area contributed by atoms with Crippen molar-refractivity contribution in [3.63, 3.8) is 0 Å². The molecule has 0 aromatic heterocycles. The lowest BCUT2D eigenvalue weighted by molar-refractivity contribution is 0.431. The number of nitrogens with one attached hydrogen (secondary N) is 1. The molecule has 1 aliphatic rings. The van der Waals surface area contributed by atoms with Crippen LogP contribution in [0, 0.1) is 0 Å². The Morgan fingerprint density at radius 1 is 1.35 bits per heavy atom. The fourth-order valence-electron chi connectivity index (χ4n) is 2.86. The fraction of sp³-hybridized carbons (Fsp3) is 0.571. The number of hydrogen-bond donors (Lipinski definition) is 2. The molecule has 1 aromatic rings. The lowest BCUT2D eigenvalue weighted by Gasteiger charge is -2.38. The molecule has 0 spiro atoms. The number of para-hydroxylation sites is 1. The van der Waals surface area contributed by atoms with E-state index in [0.717, 1.165) is 38.0 Å². The predicted octanol–water partition coefficient (Wildman–Crippen LogP) is 1.30. The second kappa shape index (κ2) is 6.56. The minimum absolute atomic E-state index is 0.233. The van der Waals surface area contributed by atoms with Crippen LogP contribution >= 0.6 is 0 Å². The molecule has 0 saturated carbocycles. The number of primary sulfonamides is 1. The zero-order chi connectivity index (χ0) is 14.6. The SMILES string of the molecule is CNCCC1CCCCN1c1ccccc1S(N)(=O)=O. The van der Waals surface area contributed by atoms with Crippen molar-refractivity contribution in [3.05, 3.63) is 24.3 Å². The van der Waals surface area contributed by atoms with Gasteiger partial charge in [-0.05, 0) is 51.4 Å². The number of rotatable bonds is 5. The number of piperidine rings is 1. The summed E-state index contributed by atoms with van der Waals surface area (Å²) in [4.78, 5) is 2.44. The number of nitrogens with two attached hydrogens (primary N) is 1. The Kier molecular flexibility index (Phi) is 5.01. The van der Waals surface area contributed by atoms with Crippen LogP contribution in [0.2, 0.25) is 0 Å². The van der Waals surface area contributed by atoms with Crippen molar-refractivity contribution in [2.45, 2.75) is 36.6 Å².